The van der Waals surface area contributed by atoms with E-state index in [0.717, 1.165) is 27.5 Å². The summed E-state index contributed by atoms with van der Waals surface area (Å²) >= 11 is 1.56. The van der Waals surface area contributed by atoms with Gasteiger partial charge >= 0.3 is 0 Å². The predicted molar refractivity (Wildman–Crippen MR) is 110 cm³/mol. The highest BCUT2D eigenvalue weighted by atomic mass is 32.2. The number of nitrogens with zero attached hydrogens (tertiary/aromatic N) is 3. The monoisotopic (exact) mass is 408 g/mol. The minimum Gasteiger partial charge on any atom is -0.347 e. The highest BCUT2D eigenvalue weighted by Gasteiger charge is 2.27. The Morgan fingerprint density at radius 3 is 2.83 bits per heavy atom. The minimum atomic E-state index is -0.162. The lowest BCUT2D eigenvalue weighted by atomic mass is 10.1. The first kappa shape index (κ1) is 19.2. The fraction of sp³-hybridized carbons (Fsp3) is 0.238. The van der Waals surface area contributed by atoms with Crippen LogP contribution in [0.4, 0.5) is 5.69 Å². The van der Waals surface area contributed by atoms with Crippen LogP contribution in [-0.2, 0) is 11.3 Å². The number of carbonyl (C=O) groups excluding carboxylic acids is 2. The van der Waals surface area contributed by atoms with Gasteiger partial charge in [-0.05, 0) is 36.8 Å². The van der Waals surface area contributed by atoms with Crippen LogP contribution < -0.4 is 10.2 Å². The molecule has 4 rings (SSSR count). The number of nitrogens with one attached hydrogen (secondary N) is 1. The Kier molecular flexibility index (Phi) is 5.35. The van der Waals surface area contributed by atoms with E-state index >= 15 is 0 Å². The van der Waals surface area contributed by atoms with Crippen molar-refractivity contribution < 1.29 is 14.1 Å². The molecule has 1 aromatic heterocycles. The van der Waals surface area contributed by atoms with E-state index in [-0.39, 0.29) is 18.4 Å². The number of amides is 2. The van der Waals surface area contributed by atoms with Crippen LogP contribution in [0, 0.1) is 0 Å². The average molecular weight is 408 g/mol. The Bertz CT molecular complexity index is 1080. The van der Waals surface area contributed by atoms with Crippen LogP contribution in [-0.4, -0.2) is 28.5 Å². The molecule has 0 saturated heterocycles. The first-order chi connectivity index (χ1) is 14.1. The van der Waals surface area contributed by atoms with Crippen molar-refractivity contribution in [3.8, 4) is 11.4 Å². The van der Waals surface area contributed by atoms with Gasteiger partial charge in [-0.25, -0.2) is 0 Å². The molecule has 0 saturated carbocycles. The van der Waals surface area contributed by atoms with Crippen LogP contribution in [0.3, 0.4) is 0 Å². The van der Waals surface area contributed by atoms with Crippen LogP contribution in [0.5, 0.6) is 0 Å². The number of rotatable bonds is 5. The first-order valence-electron chi connectivity index (χ1n) is 9.37. The third-order valence-corrected chi connectivity index (χ3v) is 5.62. The van der Waals surface area contributed by atoms with Gasteiger partial charge < -0.3 is 14.7 Å². The van der Waals surface area contributed by atoms with Crippen molar-refractivity contribution in [1.29, 1.82) is 0 Å². The van der Waals surface area contributed by atoms with Crippen molar-refractivity contribution in [2.45, 2.75) is 36.6 Å². The summed E-state index contributed by atoms with van der Waals surface area (Å²) in [5.41, 5.74) is 2.38. The number of benzene rings is 2. The van der Waals surface area contributed by atoms with Crippen molar-refractivity contribution in [3.63, 3.8) is 0 Å². The third kappa shape index (κ3) is 3.88. The molecule has 0 atom stereocenters. The Balaban J connectivity index is 1.72. The predicted octanol–water partition coefficient (Wildman–Crippen LogP) is 3.89. The van der Waals surface area contributed by atoms with Crippen LogP contribution in [0.15, 0.2) is 56.8 Å². The zero-order valence-corrected chi connectivity index (χ0v) is 17.0. The van der Waals surface area contributed by atoms with Crippen LogP contribution >= 0.6 is 11.8 Å². The van der Waals surface area contributed by atoms with Gasteiger partial charge in [0, 0.05) is 28.8 Å². The van der Waals surface area contributed by atoms with Gasteiger partial charge in [0.2, 0.25) is 17.6 Å². The molecule has 29 heavy (non-hydrogen) atoms. The largest absolute Gasteiger partial charge is 0.347 e. The highest BCUT2D eigenvalue weighted by molar-refractivity contribution is 7.99. The molecule has 7 nitrogen and oxygen atoms in total. The summed E-state index contributed by atoms with van der Waals surface area (Å²) in [4.78, 5) is 32.2. The van der Waals surface area contributed by atoms with Gasteiger partial charge in [-0.2, -0.15) is 4.98 Å². The van der Waals surface area contributed by atoms with Crippen molar-refractivity contribution in [2.24, 2.45) is 0 Å². The van der Waals surface area contributed by atoms with Gasteiger partial charge in [0.1, 0.15) is 0 Å². The summed E-state index contributed by atoms with van der Waals surface area (Å²) < 4.78 is 5.22. The van der Waals surface area contributed by atoms with Gasteiger partial charge in [0.05, 0.1) is 17.8 Å². The second-order valence-corrected chi connectivity index (χ2v) is 7.74. The first-order valence-corrected chi connectivity index (χ1v) is 10.2. The summed E-state index contributed by atoms with van der Waals surface area (Å²) in [5.74, 6) is 0.634. The molecule has 0 fully saturated rings. The molecule has 148 valence electrons. The fourth-order valence-corrected chi connectivity index (χ4v) is 4.27. The summed E-state index contributed by atoms with van der Waals surface area (Å²) in [6.07, 6.45) is 0.858. The standard InChI is InChI=1S/C21H20N4O3S/c1-3-10-25-16-9-8-14(20-23-19(28-24-20)12-22-13(2)26)11-18(16)29-17-7-5-4-6-15(17)21(25)27/h4-9,11H,3,10,12H2,1-2H3,(H,22,26). The molecule has 0 radical (unpaired) electrons. The van der Waals surface area contributed by atoms with Crippen molar-refractivity contribution >= 4 is 29.3 Å². The Hall–Kier alpha value is -3.13. The molecular weight excluding hydrogens is 388 g/mol. The second kappa shape index (κ2) is 8.08. The Morgan fingerprint density at radius 1 is 1.21 bits per heavy atom. The molecule has 2 amide bonds. The molecule has 1 N–H and O–H groups in total. The maximum absolute atomic E-state index is 13.1. The molecule has 0 unspecified atom stereocenters. The van der Waals surface area contributed by atoms with Crippen LogP contribution in [0.25, 0.3) is 11.4 Å². The minimum absolute atomic E-state index is 0.0126. The SMILES string of the molecule is CCCN1C(=O)c2ccccc2Sc2cc(-c3noc(CNC(C)=O)n3)ccc21. The maximum atomic E-state index is 13.1. The molecule has 0 aliphatic carbocycles. The van der Waals surface area contributed by atoms with Crippen molar-refractivity contribution in [2.75, 3.05) is 11.4 Å². The summed E-state index contributed by atoms with van der Waals surface area (Å²) in [6.45, 7) is 4.32. The number of carbonyl (C=O) groups is 2. The Labute approximate surface area is 172 Å². The molecule has 1 aliphatic rings. The molecule has 0 spiro atoms. The fourth-order valence-electron chi connectivity index (χ4n) is 3.15. The van der Waals surface area contributed by atoms with Crippen LogP contribution in [0.2, 0.25) is 0 Å². The average Bonchev–Trinajstić information content (AvgIpc) is 3.16. The molecule has 8 heteroatoms. The van der Waals surface area contributed by atoms with E-state index in [1.165, 1.54) is 6.92 Å². The summed E-state index contributed by atoms with van der Waals surface area (Å²) in [6, 6.07) is 13.5. The number of hydrogen-bond donors (Lipinski definition) is 1. The number of fused-ring (bicyclic) bond motifs is 2. The molecule has 3 aromatic rings. The van der Waals surface area contributed by atoms with Crippen molar-refractivity contribution in [3.05, 3.63) is 53.9 Å². The molecular formula is C21H20N4O3S. The highest BCUT2D eigenvalue weighted by Crippen LogP contribution is 2.42. The van der Waals surface area contributed by atoms with E-state index in [2.05, 4.69) is 22.4 Å². The zero-order chi connectivity index (χ0) is 20.4. The molecule has 2 heterocycles. The normalized spacial score (nSPS) is 12.9. The van der Waals surface area contributed by atoms with Crippen LogP contribution in [0.1, 0.15) is 36.5 Å². The lowest BCUT2D eigenvalue weighted by Gasteiger charge is -2.22. The van der Waals surface area contributed by atoms with Gasteiger partial charge in [0.15, 0.2) is 0 Å². The van der Waals surface area contributed by atoms with Gasteiger partial charge in [-0.15, -0.1) is 0 Å². The summed E-state index contributed by atoms with van der Waals surface area (Å²) in [7, 11) is 0. The Morgan fingerprint density at radius 2 is 2.03 bits per heavy atom. The van der Waals surface area contributed by atoms with Gasteiger partial charge in [0.25, 0.3) is 5.91 Å². The van der Waals surface area contributed by atoms with Gasteiger partial charge in [-0.3, -0.25) is 9.59 Å². The quantitative estimate of drug-likeness (QED) is 0.689. The second-order valence-electron chi connectivity index (χ2n) is 6.66. The lowest BCUT2D eigenvalue weighted by Crippen LogP contribution is -2.31. The van der Waals surface area contributed by atoms with E-state index in [9.17, 15) is 9.59 Å². The maximum Gasteiger partial charge on any atom is 0.259 e. The van der Waals surface area contributed by atoms with E-state index in [4.69, 9.17) is 4.52 Å². The van der Waals surface area contributed by atoms with Gasteiger partial charge in [-0.1, -0.05) is 36.0 Å². The molecule has 1 aliphatic heterocycles. The van der Waals surface area contributed by atoms with E-state index in [1.54, 1.807) is 11.8 Å². The zero-order valence-electron chi connectivity index (χ0n) is 16.1. The van der Waals surface area contributed by atoms with Crippen molar-refractivity contribution in [1.82, 2.24) is 15.5 Å². The lowest BCUT2D eigenvalue weighted by molar-refractivity contribution is -0.119. The van der Waals surface area contributed by atoms with E-state index in [1.807, 2.05) is 47.4 Å². The third-order valence-electron chi connectivity index (χ3n) is 4.50. The number of anilines is 1. The molecule has 2 aromatic carbocycles. The van der Waals surface area contributed by atoms with E-state index in [0.29, 0.717) is 23.8 Å². The smallest absolute Gasteiger partial charge is 0.259 e. The summed E-state index contributed by atoms with van der Waals surface area (Å²) in [5, 5.41) is 6.66. The number of aromatic nitrogens is 2. The number of hydrogen-bond acceptors (Lipinski definition) is 6. The van der Waals surface area contributed by atoms with E-state index < -0.39 is 0 Å². The topological polar surface area (TPSA) is 88.3 Å². The molecule has 0 bridgehead atoms.